The molecule has 4 aromatic rings. The van der Waals surface area contributed by atoms with Crippen LogP contribution in [0.1, 0.15) is 61.8 Å². The maximum atomic E-state index is 15.2. The number of piperidine rings is 1. The van der Waals surface area contributed by atoms with E-state index in [9.17, 15) is 9.18 Å². The van der Waals surface area contributed by atoms with Crippen LogP contribution in [0.2, 0.25) is 0 Å². The zero-order valence-electron chi connectivity index (χ0n) is 20.4. The Kier molecular flexibility index (Phi) is 7.84. The van der Waals surface area contributed by atoms with Crippen molar-refractivity contribution < 1.29 is 23.4 Å². The van der Waals surface area contributed by atoms with Crippen molar-refractivity contribution in [3.63, 3.8) is 0 Å². The Bertz CT molecular complexity index is 1430. The molecule has 0 saturated carbocycles. The van der Waals surface area contributed by atoms with Gasteiger partial charge in [0.2, 0.25) is 5.95 Å². The number of carboxylic acids is 1. The SMILES string of the molecule is C.CC(C)Oc1cnc(N2CCC(n3cc(F)c4c(Cc5ccc(C(=O)O)cc5F)ncnc43)CC2)nc1. The van der Waals surface area contributed by atoms with Gasteiger partial charge in [0.15, 0.2) is 11.6 Å². The van der Waals surface area contributed by atoms with Crippen LogP contribution in [-0.2, 0) is 6.42 Å². The molecule has 38 heavy (non-hydrogen) atoms. The first-order valence-electron chi connectivity index (χ1n) is 12.1. The summed E-state index contributed by atoms with van der Waals surface area (Å²) in [7, 11) is 0. The summed E-state index contributed by atoms with van der Waals surface area (Å²) in [6.45, 7) is 5.26. The number of rotatable bonds is 7. The minimum atomic E-state index is -1.22. The van der Waals surface area contributed by atoms with Gasteiger partial charge in [-0.05, 0) is 44.4 Å². The number of hydrogen-bond donors (Lipinski definition) is 1. The highest BCUT2D eigenvalue weighted by molar-refractivity contribution is 5.87. The van der Waals surface area contributed by atoms with Gasteiger partial charge in [0, 0.05) is 31.7 Å². The third-order valence-corrected chi connectivity index (χ3v) is 6.43. The lowest BCUT2D eigenvalue weighted by Gasteiger charge is -2.32. The molecule has 11 heteroatoms. The van der Waals surface area contributed by atoms with E-state index in [0.717, 1.165) is 18.9 Å². The molecule has 1 saturated heterocycles. The summed E-state index contributed by atoms with van der Waals surface area (Å²) in [4.78, 5) is 30.6. The molecule has 5 rings (SSSR count). The van der Waals surface area contributed by atoms with Crippen molar-refractivity contribution in [1.29, 1.82) is 0 Å². The molecule has 1 aromatic carbocycles. The van der Waals surface area contributed by atoms with Gasteiger partial charge in [-0.1, -0.05) is 13.5 Å². The molecule has 0 atom stereocenters. The second kappa shape index (κ2) is 11.1. The van der Waals surface area contributed by atoms with Crippen LogP contribution in [0.15, 0.2) is 43.1 Å². The number of nitrogens with zero attached hydrogens (tertiary/aromatic N) is 6. The molecule has 3 aromatic heterocycles. The Hall–Kier alpha value is -4.15. The quantitative estimate of drug-likeness (QED) is 0.358. The molecule has 9 nitrogen and oxygen atoms in total. The first-order chi connectivity index (χ1) is 17.8. The number of aromatic carboxylic acids is 1. The van der Waals surface area contributed by atoms with E-state index in [1.165, 1.54) is 24.7 Å². The Morgan fingerprint density at radius 3 is 2.45 bits per heavy atom. The summed E-state index contributed by atoms with van der Waals surface area (Å²) in [6.07, 6.45) is 7.64. The van der Waals surface area contributed by atoms with E-state index in [2.05, 4.69) is 24.8 Å². The number of ether oxygens (including phenoxy) is 1. The van der Waals surface area contributed by atoms with E-state index >= 15 is 4.39 Å². The number of hydrogen-bond acceptors (Lipinski definition) is 7. The molecule has 1 aliphatic rings. The minimum Gasteiger partial charge on any atom is -0.488 e. The van der Waals surface area contributed by atoms with Gasteiger partial charge < -0.3 is 19.3 Å². The predicted octanol–water partition coefficient (Wildman–Crippen LogP) is 5.05. The zero-order chi connectivity index (χ0) is 26.1. The normalized spacial score (nSPS) is 14.1. The lowest BCUT2D eigenvalue weighted by Crippen LogP contribution is -2.35. The molecule has 0 amide bonds. The summed E-state index contributed by atoms with van der Waals surface area (Å²) < 4.78 is 37.1. The first kappa shape index (κ1) is 26.9. The molecule has 0 bridgehead atoms. The lowest BCUT2D eigenvalue weighted by atomic mass is 10.0. The molecule has 0 aliphatic carbocycles. The van der Waals surface area contributed by atoms with E-state index in [1.54, 1.807) is 12.4 Å². The van der Waals surface area contributed by atoms with Crippen molar-refractivity contribution in [2.45, 2.75) is 52.7 Å². The van der Waals surface area contributed by atoms with Crippen LogP contribution in [0.3, 0.4) is 0 Å². The van der Waals surface area contributed by atoms with Gasteiger partial charge >= 0.3 is 5.97 Å². The van der Waals surface area contributed by atoms with E-state index < -0.39 is 17.6 Å². The molecule has 1 fully saturated rings. The summed E-state index contributed by atoms with van der Waals surface area (Å²) >= 11 is 0. The third-order valence-electron chi connectivity index (χ3n) is 6.43. The van der Waals surface area contributed by atoms with Gasteiger partial charge in [0.1, 0.15) is 17.8 Å². The topological polar surface area (TPSA) is 106 Å². The monoisotopic (exact) mass is 524 g/mol. The van der Waals surface area contributed by atoms with E-state index in [-0.39, 0.29) is 42.5 Å². The molecular formula is C27H30F2N6O3. The van der Waals surface area contributed by atoms with Crippen LogP contribution in [0.4, 0.5) is 14.7 Å². The highest BCUT2D eigenvalue weighted by atomic mass is 19.1. The smallest absolute Gasteiger partial charge is 0.335 e. The largest absolute Gasteiger partial charge is 0.488 e. The Morgan fingerprint density at radius 1 is 1.11 bits per heavy atom. The standard InChI is InChI=1S/C26H26F2N6O3.CH4/c1-15(2)37-19-11-29-26(30-12-19)33-7-5-18(6-8-33)34-13-21(28)23-22(31-14-32-24(23)34)10-16-3-4-17(25(35)36)9-20(16)27;/h3-4,9,11-15,18H,5-8,10H2,1-2H3,(H,35,36);1H4. The van der Waals surface area contributed by atoms with Crippen molar-refractivity contribution in [3.05, 3.63) is 71.6 Å². The van der Waals surface area contributed by atoms with Crippen LogP contribution in [0.5, 0.6) is 5.75 Å². The molecule has 0 spiro atoms. The number of fused-ring (bicyclic) bond motifs is 1. The number of carbonyl (C=O) groups is 1. The van der Waals surface area contributed by atoms with Gasteiger partial charge in [-0.25, -0.2) is 33.5 Å². The fraction of sp³-hybridized carbons (Fsp3) is 0.370. The van der Waals surface area contributed by atoms with Crippen molar-refractivity contribution >= 4 is 23.0 Å². The molecule has 0 radical (unpaired) electrons. The number of carboxylic acid groups (broad SMARTS) is 1. The Balaban J connectivity index is 0.00000336. The number of halogens is 2. The van der Waals surface area contributed by atoms with Crippen LogP contribution >= 0.6 is 0 Å². The highest BCUT2D eigenvalue weighted by Gasteiger charge is 2.26. The molecule has 1 aliphatic heterocycles. The van der Waals surface area contributed by atoms with Crippen LogP contribution in [-0.4, -0.2) is 54.8 Å². The van der Waals surface area contributed by atoms with Gasteiger partial charge in [-0.3, -0.25) is 0 Å². The van der Waals surface area contributed by atoms with Gasteiger partial charge in [0.25, 0.3) is 0 Å². The summed E-state index contributed by atoms with van der Waals surface area (Å²) in [5.74, 6) is -1.12. The van der Waals surface area contributed by atoms with Gasteiger partial charge in [-0.2, -0.15) is 0 Å². The fourth-order valence-electron chi connectivity index (χ4n) is 4.67. The predicted molar refractivity (Wildman–Crippen MR) is 139 cm³/mol. The minimum absolute atomic E-state index is 0. The molecule has 4 heterocycles. The summed E-state index contributed by atoms with van der Waals surface area (Å²) in [5.41, 5.74) is 0.881. The maximum Gasteiger partial charge on any atom is 0.335 e. The van der Waals surface area contributed by atoms with Crippen LogP contribution in [0, 0.1) is 11.6 Å². The number of anilines is 1. The van der Waals surface area contributed by atoms with E-state index in [4.69, 9.17) is 9.84 Å². The van der Waals surface area contributed by atoms with E-state index in [0.29, 0.717) is 36.1 Å². The number of aromatic nitrogens is 5. The second-order valence-corrected chi connectivity index (χ2v) is 9.29. The summed E-state index contributed by atoms with van der Waals surface area (Å²) in [5, 5.41) is 9.31. The average Bonchev–Trinajstić information content (AvgIpc) is 3.22. The average molecular weight is 525 g/mol. The second-order valence-electron chi connectivity index (χ2n) is 9.29. The summed E-state index contributed by atoms with van der Waals surface area (Å²) in [6, 6.07) is 3.69. The van der Waals surface area contributed by atoms with Crippen LogP contribution < -0.4 is 9.64 Å². The molecular weight excluding hydrogens is 494 g/mol. The molecule has 200 valence electrons. The van der Waals surface area contributed by atoms with Crippen molar-refractivity contribution in [2.24, 2.45) is 0 Å². The fourth-order valence-corrected chi connectivity index (χ4v) is 4.67. The third kappa shape index (κ3) is 5.41. The highest BCUT2D eigenvalue weighted by Crippen LogP contribution is 2.31. The lowest BCUT2D eigenvalue weighted by molar-refractivity contribution is 0.0696. The van der Waals surface area contributed by atoms with Crippen molar-refractivity contribution in [3.8, 4) is 5.75 Å². The number of benzene rings is 1. The zero-order valence-corrected chi connectivity index (χ0v) is 20.4. The van der Waals surface area contributed by atoms with Gasteiger partial charge in [-0.15, -0.1) is 0 Å². The maximum absolute atomic E-state index is 15.2. The Morgan fingerprint density at radius 2 is 1.82 bits per heavy atom. The van der Waals surface area contributed by atoms with Crippen molar-refractivity contribution in [1.82, 2.24) is 24.5 Å². The van der Waals surface area contributed by atoms with Gasteiger partial charge in [0.05, 0.1) is 35.1 Å². The van der Waals surface area contributed by atoms with E-state index in [1.807, 2.05) is 18.4 Å². The Labute approximate surface area is 219 Å². The molecule has 1 N–H and O–H groups in total. The molecule has 0 unspecified atom stereocenters. The first-order valence-corrected chi connectivity index (χ1v) is 12.1. The van der Waals surface area contributed by atoms with Crippen LogP contribution in [0.25, 0.3) is 11.0 Å². The van der Waals surface area contributed by atoms with Crippen molar-refractivity contribution in [2.75, 3.05) is 18.0 Å².